The van der Waals surface area contributed by atoms with Crippen LogP contribution in [0.3, 0.4) is 0 Å². The van der Waals surface area contributed by atoms with Crippen molar-refractivity contribution >= 4 is 33.0 Å². The molecule has 1 saturated heterocycles. The molecule has 9 heteroatoms. The van der Waals surface area contributed by atoms with Crippen LogP contribution in [0.2, 0.25) is 5.02 Å². The number of halogens is 3. The molecule has 0 radical (unpaired) electrons. The predicted octanol–water partition coefficient (Wildman–Crippen LogP) is 3.99. The summed E-state index contributed by atoms with van der Waals surface area (Å²) >= 11 is 5.95. The molecule has 0 bridgehead atoms. The molecule has 1 fully saturated rings. The minimum Gasteiger partial charge on any atom is -0.381 e. The SMILES string of the molecule is Cc1cc(NC(=O)c2cc(Cl)cc(S(=O)(=O)C[C@H]3CCOC3)c2F)ccc1F. The number of ether oxygens (including phenoxy) is 1. The fourth-order valence-corrected chi connectivity index (χ4v) is 5.03. The Labute approximate surface area is 166 Å². The Bertz CT molecular complexity index is 1020. The van der Waals surface area contributed by atoms with Gasteiger partial charge in [-0.05, 0) is 55.2 Å². The normalized spacial score (nSPS) is 16.9. The summed E-state index contributed by atoms with van der Waals surface area (Å²) in [5.74, 6) is -3.02. The van der Waals surface area contributed by atoms with Crippen LogP contribution < -0.4 is 5.32 Å². The lowest BCUT2D eigenvalue weighted by atomic mass is 10.1. The summed E-state index contributed by atoms with van der Waals surface area (Å²) in [6, 6.07) is 5.92. The molecule has 2 aromatic carbocycles. The van der Waals surface area contributed by atoms with Crippen LogP contribution >= 0.6 is 11.6 Å². The maximum atomic E-state index is 14.9. The molecule has 1 heterocycles. The quantitative estimate of drug-likeness (QED) is 0.780. The van der Waals surface area contributed by atoms with Crippen molar-refractivity contribution < 1.29 is 26.7 Å². The third kappa shape index (κ3) is 4.51. The van der Waals surface area contributed by atoms with Crippen LogP contribution in [0.4, 0.5) is 14.5 Å². The first-order chi connectivity index (χ1) is 13.2. The van der Waals surface area contributed by atoms with E-state index in [0.717, 1.165) is 12.1 Å². The van der Waals surface area contributed by atoms with E-state index in [1.165, 1.54) is 25.1 Å². The number of carbonyl (C=O) groups is 1. The second kappa shape index (κ2) is 8.14. The van der Waals surface area contributed by atoms with E-state index in [1.807, 2.05) is 0 Å². The van der Waals surface area contributed by atoms with E-state index in [-0.39, 0.29) is 22.4 Å². The summed E-state index contributed by atoms with van der Waals surface area (Å²) in [5, 5.41) is 2.35. The molecule has 0 spiro atoms. The summed E-state index contributed by atoms with van der Waals surface area (Å²) in [4.78, 5) is 11.9. The average molecular weight is 430 g/mol. The number of rotatable bonds is 5. The van der Waals surface area contributed by atoms with Crippen LogP contribution in [0, 0.1) is 24.5 Å². The lowest BCUT2D eigenvalue weighted by Gasteiger charge is -2.13. The molecule has 5 nitrogen and oxygen atoms in total. The number of amides is 1. The van der Waals surface area contributed by atoms with Gasteiger partial charge >= 0.3 is 0 Å². The van der Waals surface area contributed by atoms with Crippen molar-refractivity contribution in [3.05, 3.63) is 58.1 Å². The van der Waals surface area contributed by atoms with Gasteiger partial charge in [-0.15, -0.1) is 0 Å². The maximum absolute atomic E-state index is 14.9. The molecule has 0 unspecified atom stereocenters. The maximum Gasteiger partial charge on any atom is 0.258 e. The number of hydrogen-bond acceptors (Lipinski definition) is 4. The monoisotopic (exact) mass is 429 g/mol. The number of anilines is 1. The molecular weight excluding hydrogens is 412 g/mol. The Morgan fingerprint density at radius 2 is 2.04 bits per heavy atom. The molecule has 150 valence electrons. The van der Waals surface area contributed by atoms with Gasteiger partial charge in [-0.25, -0.2) is 17.2 Å². The van der Waals surface area contributed by atoms with E-state index in [2.05, 4.69) is 5.32 Å². The number of hydrogen-bond donors (Lipinski definition) is 1. The molecule has 0 saturated carbocycles. The molecule has 1 amide bonds. The zero-order valence-corrected chi connectivity index (χ0v) is 16.5. The van der Waals surface area contributed by atoms with E-state index in [0.29, 0.717) is 25.2 Å². The Morgan fingerprint density at radius 1 is 1.29 bits per heavy atom. The second-order valence-corrected chi connectivity index (χ2v) is 9.13. The van der Waals surface area contributed by atoms with Crippen LogP contribution in [0.5, 0.6) is 0 Å². The van der Waals surface area contributed by atoms with Gasteiger partial charge in [0.1, 0.15) is 10.7 Å². The minimum atomic E-state index is -4.01. The number of benzene rings is 2. The van der Waals surface area contributed by atoms with Gasteiger partial charge in [0, 0.05) is 17.3 Å². The summed E-state index contributed by atoms with van der Waals surface area (Å²) in [6.07, 6.45) is 0.568. The van der Waals surface area contributed by atoms with Gasteiger partial charge in [0.2, 0.25) is 0 Å². The Hall–Kier alpha value is -2.03. The Balaban J connectivity index is 1.91. The highest BCUT2D eigenvalue weighted by molar-refractivity contribution is 7.91. The molecular formula is C19H18ClF2NO4S. The van der Waals surface area contributed by atoms with Crippen LogP contribution in [-0.4, -0.2) is 33.3 Å². The summed E-state index contributed by atoms with van der Waals surface area (Å²) < 4.78 is 58.8. The second-order valence-electron chi connectivity index (χ2n) is 6.69. The van der Waals surface area contributed by atoms with E-state index < -0.39 is 37.8 Å². The molecule has 2 aromatic rings. The first kappa shape index (κ1) is 20.7. The highest BCUT2D eigenvalue weighted by Gasteiger charge is 2.29. The molecule has 0 aliphatic carbocycles. The van der Waals surface area contributed by atoms with Crippen molar-refractivity contribution in [3.8, 4) is 0 Å². The van der Waals surface area contributed by atoms with Crippen LogP contribution in [0.25, 0.3) is 0 Å². The Kier molecular flexibility index (Phi) is 6.02. The van der Waals surface area contributed by atoms with E-state index in [1.54, 1.807) is 0 Å². The van der Waals surface area contributed by atoms with Crippen molar-refractivity contribution in [2.75, 3.05) is 24.3 Å². The highest BCUT2D eigenvalue weighted by Crippen LogP contribution is 2.28. The fourth-order valence-electron chi connectivity index (χ4n) is 2.99. The summed E-state index contributed by atoms with van der Waals surface area (Å²) in [5.41, 5.74) is 0.0397. The smallest absolute Gasteiger partial charge is 0.258 e. The third-order valence-corrected chi connectivity index (χ3v) is 6.57. The van der Waals surface area contributed by atoms with Gasteiger partial charge in [-0.1, -0.05) is 11.6 Å². The van der Waals surface area contributed by atoms with Gasteiger partial charge in [-0.2, -0.15) is 0 Å². The minimum absolute atomic E-state index is 0.0805. The van der Waals surface area contributed by atoms with E-state index in [9.17, 15) is 22.0 Å². The third-order valence-electron chi connectivity index (χ3n) is 4.48. The molecule has 1 N–H and O–H groups in total. The lowest BCUT2D eigenvalue weighted by Crippen LogP contribution is -2.20. The molecule has 3 rings (SSSR count). The van der Waals surface area contributed by atoms with Gasteiger partial charge in [0.25, 0.3) is 5.91 Å². The van der Waals surface area contributed by atoms with E-state index >= 15 is 0 Å². The number of carbonyl (C=O) groups excluding carboxylic acids is 1. The van der Waals surface area contributed by atoms with Gasteiger partial charge < -0.3 is 10.1 Å². The van der Waals surface area contributed by atoms with Crippen molar-refractivity contribution in [3.63, 3.8) is 0 Å². The molecule has 1 aliphatic heterocycles. The largest absolute Gasteiger partial charge is 0.381 e. The Morgan fingerprint density at radius 3 is 2.68 bits per heavy atom. The predicted molar refractivity (Wildman–Crippen MR) is 101 cm³/mol. The lowest BCUT2D eigenvalue weighted by molar-refractivity contribution is 0.102. The van der Waals surface area contributed by atoms with Gasteiger partial charge in [0.05, 0.1) is 17.9 Å². The molecule has 0 aromatic heterocycles. The molecule has 1 aliphatic rings. The van der Waals surface area contributed by atoms with Crippen molar-refractivity contribution in [1.82, 2.24) is 0 Å². The van der Waals surface area contributed by atoms with Gasteiger partial charge in [-0.3, -0.25) is 4.79 Å². The van der Waals surface area contributed by atoms with Gasteiger partial charge in [0.15, 0.2) is 15.7 Å². The topological polar surface area (TPSA) is 72.5 Å². The number of nitrogens with one attached hydrogen (secondary N) is 1. The standard InChI is InChI=1S/C19H18ClF2NO4S/c1-11-6-14(2-3-16(11)21)23-19(24)15-7-13(20)8-17(18(15)22)28(25,26)10-12-4-5-27-9-12/h2-3,6-8,12H,4-5,9-10H2,1H3,(H,23,24)/t12-/m0/s1. The van der Waals surface area contributed by atoms with E-state index in [4.69, 9.17) is 16.3 Å². The van der Waals surface area contributed by atoms with Crippen LogP contribution in [0.15, 0.2) is 35.2 Å². The zero-order valence-electron chi connectivity index (χ0n) is 15.0. The van der Waals surface area contributed by atoms with Crippen molar-refractivity contribution in [1.29, 1.82) is 0 Å². The molecule has 28 heavy (non-hydrogen) atoms. The van der Waals surface area contributed by atoms with Crippen molar-refractivity contribution in [2.24, 2.45) is 5.92 Å². The average Bonchev–Trinajstić information content (AvgIpc) is 3.12. The number of aryl methyl sites for hydroxylation is 1. The van der Waals surface area contributed by atoms with Crippen LogP contribution in [-0.2, 0) is 14.6 Å². The fraction of sp³-hybridized carbons (Fsp3) is 0.316. The first-order valence-electron chi connectivity index (χ1n) is 8.54. The van der Waals surface area contributed by atoms with Crippen LogP contribution in [0.1, 0.15) is 22.3 Å². The highest BCUT2D eigenvalue weighted by atomic mass is 35.5. The first-order valence-corrected chi connectivity index (χ1v) is 10.6. The number of sulfone groups is 1. The summed E-state index contributed by atoms with van der Waals surface area (Å²) in [7, 11) is -4.01. The van der Waals surface area contributed by atoms with Crippen molar-refractivity contribution in [2.45, 2.75) is 18.2 Å². The molecule has 1 atom stereocenters. The summed E-state index contributed by atoms with van der Waals surface area (Å²) in [6.45, 7) is 2.27. The zero-order chi connectivity index (χ0) is 20.5.